The van der Waals surface area contributed by atoms with Crippen LogP contribution in [0.3, 0.4) is 0 Å². The lowest BCUT2D eigenvalue weighted by atomic mass is 10.1. The van der Waals surface area contributed by atoms with Gasteiger partial charge >= 0.3 is 0 Å². The van der Waals surface area contributed by atoms with Crippen molar-refractivity contribution in [2.75, 3.05) is 13.1 Å². The van der Waals surface area contributed by atoms with Gasteiger partial charge in [-0.15, -0.1) is 0 Å². The van der Waals surface area contributed by atoms with Crippen molar-refractivity contribution in [2.45, 2.75) is 6.42 Å². The van der Waals surface area contributed by atoms with Crippen molar-refractivity contribution in [2.24, 2.45) is 0 Å². The summed E-state index contributed by atoms with van der Waals surface area (Å²) >= 11 is 5.69. The molecular formula is C14H15ClN2. The van der Waals surface area contributed by atoms with E-state index in [1.165, 1.54) is 10.9 Å². The number of pyridine rings is 1. The molecule has 17 heavy (non-hydrogen) atoms. The van der Waals surface area contributed by atoms with E-state index in [0.29, 0.717) is 11.6 Å². The van der Waals surface area contributed by atoms with Gasteiger partial charge in [-0.25, -0.2) is 0 Å². The lowest BCUT2D eigenvalue weighted by Crippen LogP contribution is -2.18. The van der Waals surface area contributed by atoms with E-state index >= 15 is 0 Å². The summed E-state index contributed by atoms with van der Waals surface area (Å²) in [4.78, 5) is 4.42. The van der Waals surface area contributed by atoms with Crippen LogP contribution in [-0.2, 0) is 6.42 Å². The third-order valence-corrected chi connectivity index (χ3v) is 2.74. The number of nitrogens with one attached hydrogen (secondary N) is 1. The standard InChI is InChI=1S/C14H15ClN2/c1-11(15)10-16-9-7-13-5-2-4-12-6-3-8-17-14(12)13/h2-6,8,16H,1,7,9-10H2. The molecule has 0 aliphatic heterocycles. The van der Waals surface area contributed by atoms with Crippen LogP contribution in [0, 0.1) is 0 Å². The number of hydrogen-bond acceptors (Lipinski definition) is 2. The highest BCUT2D eigenvalue weighted by Gasteiger charge is 2.00. The van der Waals surface area contributed by atoms with Crippen molar-refractivity contribution >= 4 is 22.5 Å². The van der Waals surface area contributed by atoms with E-state index in [-0.39, 0.29) is 0 Å². The van der Waals surface area contributed by atoms with E-state index in [0.717, 1.165) is 18.5 Å². The summed E-state index contributed by atoms with van der Waals surface area (Å²) in [6.07, 6.45) is 2.78. The molecule has 0 aliphatic carbocycles. The molecule has 3 heteroatoms. The van der Waals surface area contributed by atoms with Crippen molar-refractivity contribution < 1.29 is 0 Å². The second-order valence-corrected chi connectivity index (χ2v) is 4.47. The molecule has 1 heterocycles. The van der Waals surface area contributed by atoms with E-state index in [2.05, 4.69) is 41.1 Å². The topological polar surface area (TPSA) is 24.9 Å². The van der Waals surface area contributed by atoms with Crippen LogP contribution in [0.2, 0.25) is 0 Å². The smallest absolute Gasteiger partial charge is 0.0734 e. The number of benzene rings is 1. The normalized spacial score (nSPS) is 10.6. The zero-order valence-electron chi connectivity index (χ0n) is 9.62. The third-order valence-electron chi connectivity index (χ3n) is 2.60. The number of aromatic nitrogens is 1. The van der Waals surface area contributed by atoms with Gasteiger partial charge in [0, 0.05) is 23.2 Å². The van der Waals surface area contributed by atoms with Gasteiger partial charge in [-0.05, 0) is 24.6 Å². The molecular weight excluding hydrogens is 232 g/mol. The minimum Gasteiger partial charge on any atom is -0.311 e. The zero-order chi connectivity index (χ0) is 12.1. The second kappa shape index (κ2) is 5.80. The number of hydrogen-bond donors (Lipinski definition) is 1. The van der Waals surface area contributed by atoms with Crippen LogP contribution in [0.4, 0.5) is 0 Å². The highest BCUT2D eigenvalue weighted by Crippen LogP contribution is 2.15. The molecule has 0 saturated heterocycles. The molecule has 0 radical (unpaired) electrons. The zero-order valence-corrected chi connectivity index (χ0v) is 10.4. The van der Waals surface area contributed by atoms with E-state index in [4.69, 9.17) is 11.6 Å². The predicted octanol–water partition coefficient (Wildman–Crippen LogP) is 3.12. The number of fused-ring (bicyclic) bond motifs is 1. The molecule has 0 saturated carbocycles. The fourth-order valence-corrected chi connectivity index (χ4v) is 1.91. The Morgan fingerprint density at radius 3 is 2.94 bits per heavy atom. The molecule has 2 rings (SSSR count). The van der Waals surface area contributed by atoms with Gasteiger partial charge in [0.25, 0.3) is 0 Å². The van der Waals surface area contributed by atoms with Crippen molar-refractivity contribution in [3.63, 3.8) is 0 Å². The lowest BCUT2D eigenvalue weighted by Gasteiger charge is -2.06. The van der Waals surface area contributed by atoms with Crippen molar-refractivity contribution in [3.05, 3.63) is 53.7 Å². The molecule has 0 fully saturated rings. The molecule has 1 N–H and O–H groups in total. The molecule has 1 aromatic carbocycles. The minimum absolute atomic E-state index is 0.640. The second-order valence-electron chi connectivity index (χ2n) is 3.94. The summed E-state index contributed by atoms with van der Waals surface area (Å²) in [5, 5.41) is 5.07. The van der Waals surface area contributed by atoms with Crippen LogP contribution in [0.25, 0.3) is 10.9 Å². The van der Waals surface area contributed by atoms with Crippen LogP contribution < -0.4 is 5.32 Å². The first kappa shape index (κ1) is 12.1. The maximum absolute atomic E-state index is 5.69. The molecule has 88 valence electrons. The quantitative estimate of drug-likeness (QED) is 0.820. The van der Waals surface area contributed by atoms with Crippen LogP contribution in [-0.4, -0.2) is 18.1 Å². The van der Waals surface area contributed by atoms with E-state index in [1.54, 1.807) is 0 Å². The molecule has 2 aromatic rings. The molecule has 0 atom stereocenters. The number of rotatable bonds is 5. The third kappa shape index (κ3) is 3.29. The van der Waals surface area contributed by atoms with Gasteiger partial charge in [0.2, 0.25) is 0 Å². The van der Waals surface area contributed by atoms with Gasteiger partial charge in [-0.1, -0.05) is 42.4 Å². The Morgan fingerprint density at radius 2 is 2.12 bits per heavy atom. The van der Waals surface area contributed by atoms with Gasteiger partial charge < -0.3 is 5.32 Å². The van der Waals surface area contributed by atoms with Crippen LogP contribution in [0.5, 0.6) is 0 Å². The molecule has 0 bridgehead atoms. The van der Waals surface area contributed by atoms with E-state index in [1.807, 2.05) is 12.3 Å². The fourth-order valence-electron chi connectivity index (χ4n) is 1.82. The molecule has 1 aromatic heterocycles. The largest absolute Gasteiger partial charge is 0.311 e. The Bertz CT molecular complexity index is 517. The average Bonchev–Trinajstić information content (AvgIpc) is 2.34. The monoisotopic (exact) mass is 246 g/mol. The number of halogens is 1. The lowest BCUT2D eigenvalue weighted by molar-refractivity contribution is 0.742. The summed E-state index contributed by atoms with van der Waals surface area (Å²) in [6.45, 7) is 5.17. The van der Waals surface area contributed by atoms with Gasteiger partial charge in [0.15, 0.2) is 0 Å². The summed E-state index contributed by atoms with van der Waals surface area (Å²) in [5.74, 6) is 0. The maximum atomic E-state index is 5.69. The first-order valence-electron chi connectivity index (χ1n) is 5.64. The molecule has 0 unspecified atom stereocenters. The van der Waals surface area contributed by atoms with E-state index in [9.17, 15) is 0 Å². The summed E-state index contributed by atoms with van der Waals surface area (Å²) in [6, 6.07) is 10.3. The number of nitrogens with zero attached hydrogens (tertiary/aromatic N) is 1. The average molecular weight is 247 g/mol. The Balaban J connectivity index is 2.05. The van der Waals surface area contributed by atoms with Gasteiger partial charge in [0.1, 0.15) is 0 Å². The molecule has 2 nitrogen and oxygen atoms in total. The highest BCUT2D eigenvalue weighted by atomic mass is 35.5. The van der Waals surface area contributed by atoms with Crippen molar-refractivity contribution in [1.82, 2.24) is 10.3 Å². The van der Waals surface area contributed by atoms with Crippen molar-refractivity contribution in [3.8, 4) is 0 Å². The Hall–Kier alpha value is -1.38. The number of para-hydroxylation sites is 1. The van der Waals surface area contributed by atoms with Gasteiger partial charge in [0.05, 0.1) is 5.52 Å². The van der Waals surface area contributed by atoms with Crippen LogP contribution >= 0.6 is 11.6 Å². The molecule has 0 aliphatic rings. The van der Waals surface area contributed by atoms with Crippen molar-refractivity contribution in [1.29, 1.82) is 0 Å². The Labute approximate surface area is 106 Å². The molecule has 0 spiro atoms. The first-order valence-corrected chi connectivity index (χ1v) is 6.02. The Kier molecular flexibility index (Phi) is 4.13. The van der Waals surface area contributed by atoms with Gasteiger partial charge in [-0.2, -0.15) is 0 Å². The first-order chi connectivity index (χ1) is 8.27. The summed E-state index contributed by atoms with van der Waals surface area (Å²) in [7, 11) is 0. The summed E-state index contributed by atoms with van der Waals surface area (Å²) < 4.78 is 0. The summed E-state index contributed by atoms with van der Waals surface area (Å²) in [5.41, 5.74) is 2.34. The van der Waals surface area contributed by atoms with Gasteiger partial charge in [-0.3, -0.25) is 4.98 Å². The highest BCUT2D eigenvalue weighted by molar-refractivity contribution is 6.29. The van der Waals surface area contributed by atoms with Crippen LogP contribution in [0.1, 0.15) is 5.56 Å². The minimum atomic E-state index is 0.640. The Morgan fingerprint density at radius 1 is 1.29 bits per heavy atom. The van der Waals surface area contributed by atoms with E-state index < -0.39 is 0 Å². The SMILES string of the molecule is C=C(Cl)CNCCc1cccc2cccnc12. The fraction of sp³-hybridized carbons (Fsp3) is 0.214. The maximum Gasteiger partial charge on any atom is 0.0734 e. The predicted molar refractivity (Wildman–Crippen MR) is 73.3 cm³/mol. The molecule has 0 amide bonds. The van der Waals surface area contributed by atoms with Crippen LogP contribution in [0.15, 0.2) is 48.1 Å².